The summed E-state index contributed by atoms with van der Waals surface area (Å²) in [6.07, 6.45) is 4.47. The molecular formula is C28H33N9O. The van der Waals surface area contributed by atoms with E-state index in [4.69, 9.17) is 23.2 Å². The second kappa shape index (κ2) is 12.1. The predicted octanol–water partition coefficient (Wildman–Crippen LogP) is 1.87. The molecule has 0 fully saturated rings. The summed E-state index contributed by atoms with van der Waals surface area (Å²) in [5.41, 5.74) is 13.9. The molecule has 0 amide bonds. The molecule has 10 nitrogen and oxygen atoms in total. The van der Waals surface area contributed by atoms with Crippen LogP contribution < -0.4 is 23.2 Å². The minimum absolute atomic E-state index is 0.0375. The van der Waals surface area contributed by atoms with Crippen molar-refractivity contribution in [3.8, 4) is 0 Å². The molecule has 0 atom stereocenters. The Balaban J connectivity index is 1.64. The quantitative estimate of drug-likeness (QED) is 0.149. The van der Waals surface area contributed by atoms with Crippen molar-refractivity contribution in [3.63, 3.8) is 0 Å². The molecule has 1 aromatic heterocycles. The normalized spacial score (nSPS) is 13.7. The summed E-state index contributed by atoms with van der Waals surface area (Å²) in [5, 5.41) is 23.1. The first-order chi connectivity index (χ1) is 18.3. The topological polar surface area (TPSA) is 162 Å². The van der Waals surface area contributed by atoms with Gasteiger partial charge in [-0.2, -0.15) is 0 Å². The van der Waals surface area contributed by atoms with E-state index in [-0.39, 0.29) is 17.1 Å². The molecule has 38 heavy (non-hydrogen) atoms. The minimum Gasteiger partial charge on any atom is -0.398 e. The Morgan fingerprint density at radius 3 is 1.61 bits per heavy atom. The van der Waals surface area contributed by atoms with Crippen LogP contribution >= 0.6 is 0 Å². The Bertz CT molecular complexity index is 1290. The number of aromatic nitrogens is 3. The standard InChI is InChI=1S/C28H33N9O/c29-25(19-35(31)16-22-10-4-1-5-11-22)28(38,26(30)20-36(32)17-23-12-6-2-7-13-23)27-21-37(34-33-27)18-24-14-8-3-9-15-24/h1-15,19-21,38H,16-18,29-32H2/b25-19-,26-20-. The third-order valence-electron chi connectivity index (χ3n) is 5.96. The van der Waals surface area contributed by atoms with Gasteiger partial charge < -0.3 is 26.6 Å². The maximum absolute atomic E-state index is 12.0. The highest BCUT2D eigenvalue weighted by Gasteiger charge is 2.39. The minimum atomic E-state index is -2.03. The highest BCUT2D eigenvalue weighted by atomic mass is 16.3. The van der Waals surface area contributed by atoms with E-state index in [1.807, 2.05) is 91.0 Å². The molecule has 4 rings (SSSR count). The van der Waals surface area contributed by atoms with Gasteiger partial charge in [-0.05, 0) is 16.7 Å². The third kappa shape index (κ3) is 6.56. The summed E-state index contributed by atoms with van der Waals surface area (Å²) < 4.78 is 1.60. The second-order valence-electron chi connectivity index (χ2n) is 8.98. The van der Waals surface area contributed by atoms with E-state index < -0.39 is 5.60 Å². The molecule has 4 aromatic rings. The van der Waals surface area contributed by atoms with Crippen LogP contribution in [0.5, 0.6) is 0 Å². The van der Waals surface area contributed by atoms with E-state index in [1.54, 1.807) is 10.9 Å². The van der Waals surface area contributed by atoms with Gasteiger partial charge >= 0.3 is 0 Å². The Labute approximate surface area is 222 Å². The first-order valence-corrected chi connectivity index (χ1v) is 12.1. The Morgan fingerprint density at radius 2 is 1.16 bits per heavy atom. The van der Waals surface area contributed by atoms with Gasteiger partial charge in [-0.25, -0.2) is 16.4 Å². The summed E-state index contributed by atoms with van der Waals surface area (Å²) in [5.74, 6) is 12.4. The molecule has 0 saturated carbocycles. The maximum Gasteiger partial charge on any atom is 0.192 e. The van der Waals surface area contributed by atoms with Crippen LogP contribution in [0.2, 0.25) is 0 Å². The predicted molar refractivity (Wildman–Crippen MR) is 146 cm³/mol. The van der Waals surface area contributed by atoms with Crippen molar-refractivity contribution >= 4 is 0 Å². The summed E-state index contributed by atoms with van der Waals surface area (Å²) in [7, 11) is 0. The molecular weight excluding hydrogens is 478 g/mol. The largest absolute Gasteiger partial charge is 0.398 e. The number of nitrogens with two attached hydrogens (primary N) is 4. The SMILES string of the molecule is N/C(=C\N(N)Cc1ccccc1)C(O)(/C(N)=C/N(N)Cc1ccccc1)c1cn(Cc2ccccc2)nn1. The zero-order chi connectivity index (χ0) is 27.0. The number of nitrogens with zero attached hydrogens (tertiary/aromatic N) is 5. The first-order valence-electron chi connectivity index (χ1n) is 12.1. The lowest BCUT2D eigenvalue weighted by atomic mass is 9.93. The second-order valence-corrected chi connectivity index (χ2v) is 8.98. The zero-order valence-electron chi connectivity index (χ0n) is 21.0. The van der Waals surface area contributed by atoms with E-state index in [9.17, 15) is 5.11 Å². The number of hydrogen-bond acceptors (Lipinski definition) is 9. The van der Waals surface area contributed by atoms with Gasteiger partial charge in [-0.15, -0.1) is 5.10 Å². The lowest BCUT2D eigenvalue weighted by Crippen LogP contribution is -2.42. The van der Waals surface area contributed by atoms with E-state index in [0.717, 1.165) is 16.7 Å². The lowest BCUT2D eigenvalue weighted by molar-refractivity contribution is 0.102. The van der Waals surface area contributed by atoms with Crippen LogP contribution in [0.15, 0.2) is 121 Å². The van der Waals surface area contributed by atoms with Crippen molar-refractivity contribution in [2.75, 3.05) is 0 Å². The van der Waals surface area contributed by atoms with E-state index in [2.05, 4.69) is 10.3 Å². The highest BCUT2D eigenvalue weighted by molar-refractivity contribution is 5.36. The molecule has 0 radical (unpaired) electrons. The summed E-state index contributed by atoms with van der Waals surface area (Å²) in [4.78, 5) is 0. The monoisotopic (exact) mass is 511 g/mol. The van der Waals surface area contributed by atoms with Gasteiger partial charge in [0.25, 0.3) is 0 Å². The number of benzene rings is 3. The molecule has 9 N–H and O–H groups in total. The fraction of sp³-hybridized carbons (Fsp3) is 0.143. The van der Waals surface area contributed by atoms with E-state index >= 15 is 0 Å². The molecule has 196 valence electrons. The molecule has 0 spiro atoms. The van der Waals surface area contributed by atoms with Crippen molar-refractivity contribution < 1.29 is 5.11 Å². The van der Waals surface area contributed by atoms with Crippen molar-refractivity contribution in [3.05, 3.63) is 143 Å². The van der Waals surface area contributed by atoms with Crippen LogP contribution in [0, 0.1) is 0 Å². The van der Waals surface area contributed by atoms with Crippen LogP contribution in [0.25, 0.3) is 0 Å². The number of hydrogen-bond donors (Lipinski definition) is 5. The Morgan fingerprint density at radius 1 is 0.737 bits per heavy atom. The van der Waals surface area contributed by atoms with E-state index in [0.29, 0.717) is 19.6 Å². The van der Waals surface area contributed by atoms with Gasteiger partial charge in [0.1, 0.15) is 5.69 Å². The van der Waals surface area contributed by atoms with Gasteiger partial charge in [0, 0.05) is 12.4 Å². The third-order valence-corrected chi connectivity index (χ3v) is 5.96. The number of rotatable bonds is 11. The van der Waals surface area contributed by atoms with Crippen molar-refractivity contribution in [2.45, 2.75) is 25.2 Å². The number of aliphatic hydroxyl groups is 1. The average molecular weight is 512 g/mol. The van der Waals surface area contributed by atoms with Gasteiger partial charge in [0.05, 0.1) is 37.2 Å². The molecule has 10 heteroatoms. The summed E-state index contributed by atoms with van der Waals surface area (Å²) in [6, 6.07) is 29.0. The summed E-state index contributed by atoms with van der Waals surface area (Å²) in [6.45, 7) is 1.17. The van der Waals surface area contributed by atoms with Crippen molar-refractivity contribution in [1.29, 1.82) is 0 Å². The van der Waals surface area contributed by atoms with Crippen LogP contribution in [0.4, 0.5) is 0 Å². The molecule has 0 bridgehead atoms. The molecule has 0 aliphatic rings. The molecule has 1 heterocycles. The Hall–Kier alpha value is -4.64. The van der Waals surface area contributed by atoms with Gasteiger partial charge in [-0.3, -0.25) is 0 Å². The maximum atomic E-state index is 12.0. The highest BCUT2D eigenvalue weighted by Crippen LogP contribution is 2.31. The molecule has 3 aromatic carbocycles. The summed E-state index contributed by atoms with van der Waals surface area (Å²) >= 11 is 0. The average Bonchev–Trinajstić information content (AvgIpc) is 3.38. The first kappa shape index (κ1) is 26.4. The Kier molecular flexibility index (Phi) is 8.39. The molecule has 0 unspecified atom stereocenters. The number of hydrazine groups is 2. The fourth-order valence-electron chi connectivity index (χ4n) is 4.00. The van der Waals surface area contributed by atoms with Crippen molar-refractivity contribution in [1.82, 2.24) is 25.0 Å². The zero-order valence-corrected chi connectivity index (χ0v) is 21.0. The smallest absolute Gasteiger partial charge is 0.192 e. The van der Waals surface area contributed by atoms with Gasteiger partial charge in [0.15, 0.2) is 5.60 Å². The van der Waals surface area contributed by atoms with Crippen LogP contribution in [0.3, 0.4) is 0 Å². The van der Waals surface area contributed by atoms with Crippen molar-refractivity contribution in [2.24, 2.45) is 23.2 Å². The molecule has 0 saturated heterocycles. The fourth-order valence-corrected chi connectivity index (χ4v) is 4.00. The van der Waals surface area contributed by atoms with Gasteiger partial charge in [-0.1, -0.05) is 96.2 Å². The molecule has 0 aliphatic heterocycles. The van der Waals surface area contributed by atoms with Crippen LogP contribution in [-0.2, 0) is 25.2 Å². The molecule has 0 aliphatic carbocycles. The van der Waals surface area contributed by atoms with Crippen LogP contribution in [-0.4, -0.2) is 30.1 Å². The van der Waals surface area contributed by atoms with Gasteiger partial charge in [0.2, 0.25) is 0 Å². The van der Waals surface area contributed by atoms with E-state index in [1.165, 1.54) is 22.4 Å². The van der Waals surface area contributed by atoms with Crippen LogP contribution in [0.1, 0.15) is 22.4 Å². The lowest BCUT2D eigenvalue weighted by Gasteiger charge is -2.29.